The van der Waals surface area contributed by atoms with E-state index in [0.717, 1.165) is 50.5 Å². The molecule has 1 N–H and O–H groups in total. The summed E-state index contributed by atoms with van der Waals surface area (Å²) in [7, 11) is -3.34. The third kappa shape index (κ3) is 3.98. The standard InChI is InChI=1S/C18H25N5O3S/c24-18-22(12-11-20-27(25,26)16-6-2-1-3-7-16)21-17(23(18)15-8-9-15)14-5-4-10-19-13-14/h4-5,10,13,15-16,20H,1-3,6-9,11-12H2. The minimum Gasteiger partial charge on any atom is -0.272 e. The van der Waals surface area contributed by atoms with Gasteiger partial charge in [0.05, 0.1) is 11.8 Å². The topological polar surface area (TPSA) is 98.9 Å². The van der Waals surface area contributed by atoms with E-state index in [1.165, 1.54) is 4.68 Å². The molecule has 9 heteroatoms. The van der Waals surface area contributed by atoms with Crippen molar-refractivity contribution in [1.29, 1.82) is 0 Å². The molecule has 0 radical (unpaired) electrons. The molecule has 27 heavy (non-hydrogen) atoms. The van der Waals surface area contributed by atoms with E-state index in [4.69, 9.17) is 0 Å². The van der Waals surface area contributed by atoms with Crippen molar-refractivity contribution in [3.63, 3.8) is 0 Å². The van der Waals surface area contributed by atoms with Gasteiger partial charge in [0, 0.05) is 30.5 Å². The number of hydrogen-bond acceptors (Lipinski definition) is 5. The van der Waals surface area contributed by atoms with Gasteiger partial charge in [-0.1, -0.05) is 19.3 Å². The maximum absolute atomic E-state index is 12.8. The van der Waals surface area contributed by atoms with Crippen LogP contribution in [0.2, 0.25) is 0 Å². The number of sulfonamides is 1. The molecule has 2 aromatic rings. The summed E-state index contributed by atoms with van der Waals surface area (Å²) in [6, 6.07) is 3.87. The zero-order valence-electron chi connectivity index (χ0n) is 15.2. The van der Waals surface area contributed by atoms with Gasteiger partial charge in [-0.3, -0.25) is 9.55 Å². The molecule has 0 atom stereocenters. The maximum Gasteiger partial charge on any atom is 0.346 e. The first-order chi connectivity index (χ1) is 13.1. The molecule has 0 amide bonds. The smallest absolute Gasteiger partial charge is 0.272 e. The minimum absolute atomic E-state index is 0.174. The zero-order chi connectivity index (χ0) is 18.9. The SMILES string of the molecule is O=c1n(CCNS(=O)(=O)C2CCCCC2)nc(-c2cccnc2)n1C1CC1. The molecule has 8 nitrogen and oxygen atoms in total. The van der Waals surface area contributed by atoms with Crippen LogP contribution in [0.4, 0.5) is 0 Å². The Kier molecular flexibility index (Phi) is 5.14. The first-order valence-electron chi connectivity index (χ1n) is 9.64. The normalized spacial score (nSPS) is 18.7. The fourth-order valence-electron chi connectivity index (χ4n) is 3.71. The average Bonchev–Trinajstić information content (AvgIpc) is 3.47. The van der Waals surface area contributed by atoms with E-state index in [9.17, 15) is 13.2 Å². The lowest BCUT2D eigenvalue weighted by Gasteiger charge is -2.21. The van der Waals surface area contributed by atoms with Gasteiger partial charge in [-0.25, -0.2) is 22.6 Å². The van der Waals surface area contributed by atoms with Crippen LogP contribution in [0, 0.1) is 0 Å². The van der Waals surface area contributed by atoms with Crippen LogP contribution in [0.25, 0.3) is 11.4 Å². The van der Waals surface area contributed by atoms with Gasteiger partial charge >= 0.3 is 5.69 Å². The Hall–Kier alpha value is -2.00. The molecule has 0 bridgehead atoms. The molecule has 0 unspecified atom stereocenters. The molecule has 0 spiro atoms. The number of nitrogens with zero attached hydrogens (tertiary/aromatic N) is 4. The largest absolute Gasteiger partial charge is 0.346 e. The zero-order valence-corrected chi connectivity index (χ0v) is 16.1. The summed E-state index contributed by atoms with van der Waals surface area (Å²) < 4.78 is 30.6. The van der Waals surface area contributed by atoms with Crippen molar-refractivity contribution in [2.24, 2.45) is 0 Å². The van der Waals surface area contributed by atoms with E-state index in [1.54, 1.807) is 17.0 Å². The van der Waals surface area contributed by atoms with E-state index in [0.29, 0.717) is 5.82 Å². The van der Waals surface area contributed by atoms with Crippen LogP contribution < -0.4 is 10.4 Å². The van der Waals surface area contributed by atoms with E-state index < -0.39 is 10.0 Å². The van der Waals surface area contributed by atoms with Gasteiger partial charge in [0.1, 0.15) is 0 Å². The molecule has 2 aliphatic carbocycles. The molecule has 2 heterocycles. The van der Waals surface area contributed by atoms with E-state index in [1.807, 2.05) is 12.1 Å². The fourth-order valence-corrected chi connectivity index (χ4v) is 5.27. The second-order valence-electron chi connectivity index (χ2n) is 7.37. The molecule has 4 rings (SSSR count). The quantitative estimate of drug-likeness (QED) is 0.774. The summed E-state index contributed by atoms with van der Waals surface area (Å²) >= 11 is 0. The van der Waals surface area contributed by atoms with E-state index in [2.05, 4.69) is 14.8 Å². The number of pyridine rings is 1. The van der Waals surface area contributed by atoms with Gasteiger partial charge in [-0.15, -0.1) is 5.10 Å². The van der Waals surface area contributed by atoms with Crippen LogP contribution in [0.3, 0.4) is 0 Å². The van der Waals surface area contributed by atoms with Crippen LogP contribution in [-0.4, -0.2) is 39.5 Å². The third-order valence-electron chi connectivity index (χ3n) is 5.32. The highest BCUT2D eigenvalue weighted by Gasteiger charge is 2.31. The van der Waals surface area contributed by atoms with Crippen molar-refractivity contribution in [2.75, 3.05) is 6.54 Å². The minimum atomic E-state index is -3.34. The van der Waals surface area contributed by atoms with Crippen LogP contribution >= 0.6 is 0 Å². The highest BCUT2D eigenvalue weighted by Crippen LogP contribution is 2.36. The van der Waals surface area contributed by atoms with Gasteiger partial charge in [0.15, 0.2) is 5.82 Å². The first-order valence-corrected chi connectivity index (χ1v) is 11.2. The highest BCUT2D eigenvalue weighted by atomic mass is 32.2. The van der Waals surface area contributed by atoms with Crippen molar-refractivity contribution >= 4 is 10.0 Å². The van der Waals surface area contributed by atoms with E-state index in [-0.39, 0.29) is 30.1 Å². The molecule has 2 saturated carbocycles. The predicted molar refractivity (Wildman–Crippen MR) is 102 cm³/mol. The maximum atomic E-state index is 12.8. The molecule has 146 valence electrons. The molecular formula is C18H25N5O3S. The van der Waals surface area contributed by atoms with Crippen LogP contribution in [0.5, 0.6) is 0 Å². The highest BCUT2D eigenvalue weighted by molar-refractivity contribution is 7.90. The summed E-state index contributed by atoms with van der Waals surface area (Å²) in [6.45, 7) is 0.394. The fraction of sp³-hybridized carbons (Fsp3) is 0.611. The molecular weight excluding hydrogens is 366 g/mol. The van der Waals surface area contributed by atoms with Crippen molar-refractivity contribution in [3.05, 3.63) is 35.0 Å². The number of aromatic nitrogens is 4. The molecule has 2 aliphatic rings. The van der Waals surface area contributed by atoms with Gasteiger partial charge < -0.3 is 0 Å². The molecule has 2 fully saturated rings. The Morgan fingerprint density at radius 2 is 1.93 bits per heavy atom. The van der Waals surface area contributed by atoms with Crippen LogP contribution in [0.15, 0.2) is 29.3 Å². The van der Waals surface area contributed by atoms with Gasteiger partial charge in [-0.2, -0.15) is 0 Å². The van der Waals surface area contributed by atoms with Crippen molar-refractivity contribution in [2.45, 2.75) is 62.8 Å². The average molecular weight is 391 g/mol. The number of hydrogen-bond donors (Lipinski definition) is 1. The van der Waals surface area contributed by atoms with E-state index >= 15 is 0 Å². The second kappa shape index (κ2) is 7.55. The Morgan fingerprint density at radius 1 is 1.15 bits per heavy atom. The third-order valence-corrected chi connectivity index (χ3v) is 7.28. The summed E-state index contributed by atoms with van der Waals surface area (Å²) in [5, 5.41) is 4.16. The Bertz CT molecular complexity index is 941. The summed E-state index contributed by atoms with van der Waals surface area (Å²) in [5.41, 5.74) is 0.608. The van der Waals surface area contributed by atoms with Gasteiger partial charge in [0.2, 0.25) is 10.0 Å². The van der Waals surface area contributed by atoms with Crippen molar-refractivity contribution in [1.82, 2.24) is 24.1 Å². The summed E-state index contributed by atoms with van der Waals surface area (Å²) in [5.74, 6) is 0.603. The van der Waals surface area contributed by atoms with Crippen LogP contribution in [0.1, 0.15) is 51.0 Å². The second-order valence-corrected chi connectivity index (χ2v) is 9.42. The lowest BCUT2D eigenvalue weighted by atomic mass is 10.0. The van der Waals surface area contributed by atoms with Crippen molar-refractivity contribution in [3.8, 4) is 11.4 Å². The lowest BCUT2D eigenvalue weighted by Crippen LogP contribution is -2.38. The Labute approximate surface area is 158 Å². The first kappa shape index (κ1) is 18.4. The predicted octanol–water partition coefficient (Wildman–Crippen LogP) is 1.69. The van der Waals surface area contributed by atoms with Crippen molar-refractivity contribution < 1.29 is 8.42 Å². The number of rotatable bonds is 7. The summed E-state index contributed by atoms with van der Waals surface area (Å²) in [4.78, 5) is 16.9. The molecule has 0 saturated heterocycles. The molecule has 0 aliphatic heterocycles. The molecule has 2 aromatic heterocycles. The van der Waals surface area contributed by atoms with Gasteiger partial charge in [0.25, 0.3) is 0 Å². The lowest BCUT2D eigenvalue weighted by molar-refractivity contribution is 0.474. The molecule has 0 aromatic carbocycles. The number of nitrogens with one attached hydrogen (secondary N) is 1. The monoisotopic (exact) mass is 391 g/mol. The Balaban J connectivity index is 1.49. The Morgan fingerprint density at radius 3 is 2.59 bits per heavy atom. The van der Waals surface area contributed by atoms with Gasteiger partial charge in [-0.05, 0) is 37.8 Å². The van der Waals surface area contributed by atoms with Crippen LogP contribution in [-0.2, 0) is 16.6 Å². The summed E-state index contributed by atoms with van der Waals surface area (Å²) in [6.07, 6.45) is 9.78.